The molecule has 5 heteroatoms. The van der Waals surface area contributed by atoms with E-state index in [9.17, 15) is 4.79 Å². The maximum absolute atomic E-state index is 11.7. The molecule has 0 spiro atoms. The molecule has 14 heavy (non-hydrogen) atoms. The van der Waals surface area contributed by atoms with E-state index in [2.05, 4.69) is 31.9 Å². The van der Waals surface area contributed by atoms with Crippen LogP contribution < -0.4 is 0 Å². The summed E-state index contributed by atoms with van der Waals surface area (Å²) < 4.78 is 0. The molecule has 1 aromatic carbocycles. The highest BCUT2D eigenvalue weighted by Gasteiger charge is 2.16. The van der Waals surface area contributed by atoms with Gasteiger partial charge in [-0.2, -0.15) is 0 Å². The van der Waals surface area contributed by atoms with E-state index in [0.29, 0.717) is 20.9 Å². The Hall–Kier alpha value is 0.430. The Morgan fingerprint density at radius 1 is 1.36 bits per heavy atom. The fraction of sp³-hybridized carbons (Fsp3) is 0.222. The predicted octanol–water partition coefficient (Wildman–Crippen LogP) is 4.33. The van der Waals surface area contributed by atoms with Crippen LogP contribution in [0.4, 0.5) is 0 Å². The summed E-state index contributed by atoms with van der Waals surface area (Å²) in [6.45, 7) is 0. The van der Waals surface area contributed by atoms with Crippen LogP contribution in [0, 0.1) is 0 Å². The second-order valence-corrected chi connectivity index (χ2v) is 5.18. The smallest absolute Gasteiger partial charge is 0.177 e. The summed E-state index contributed by atoms with van der Waals surface area (Å²) in [6, 6.07) is 4.85. The first kappa shape index (κ1) is 12.5. The van der Waals surface area contributed by atoms with Crippen molar-refractivity contribution in [3.63, 3.8) is 0 Å². The Labute approximate surface area is 109 Å². The Morgan fingerprint density at radius 2 is 2.00 bits per heavy atom. The lowest BCUT2D eigenvalue weighted by molar-refractivity contribution is 0.0997. The summed E-state index contributed by atoms with van der Waals surface area (Å²) in [6.07, 6.45) is 0. The highest BCUT2D eigenvalue weighted by molar-refractivity contribution is 9.12. The lowest BCUT2D eigenvalue weighted by Gasteiger charge is -2.05. The van der Waals surface area contributed by atoms with Crippen LogP contribution in [0.25, 0.3) is 0 Å². The molecule has 0 aliphatic heterocycles. The van der Waals surface area contributed by atoms with Gasteiger partial charge in [-0.1, -0.05) is 55.1 Å². The highest BCUT2D eigenvalue weighted by Crippen LogP contribution is 2.24. The summed E-state index contributed by atoms with van der Waals surface area (Å²) in [7, 11) is 0. The van der Waals surface area contributed by atoms with Crippen molar-refractivity contribution in [2.75, 3.05) is 5.33 Å². The zero-order valence-corrected chi connectivity index (χ0v) is 11.6. The first-order valence-electron chi connectivity index (χ1n) is 3.75. The van der Waals surface area contributed by atoms with E-state index in [0.717, 1.165) is 0 Å². The van der Waals surface area contributed by atoms with E-state index in [1.807, 2.05) is 0 Å². The van der Waals surface area contributed by atoms with Gasteiger partial charge >= 0.3 is 0 Å². The van der Waals surface area contributed by atoms with Gasteiger partial charge in [0.2, 0.25) is 0 Å². The molecule has 1 unspecified atom stereocenters. The number of carbonyl (C=O) groups excluding carboxylic acids is 1. The first-order chi connectivity index (χ1) is 6.56. The summed E-state index contributed by atoms with van der Waals surface area (Å²) in [5.74, 6) is -0.0135. The molecule has 0 radical (unpaired) electrons. The van der Waals surface area contributed by atoms with E-state index in [1.165, 1.54) is 0 Å². The molecule has 0 bridgehead atoms. The Kier molecular flexibility index (Phi) is 4.91. The SMILES string of the molecule is O=C(c1ccc(Cl)c(Cl)c1)C(Br)CBr. The molecular formula is C9H6Br2Cl2O. The lowest BCUT2D eigenvalue weighted by Crippen LogP contribution is -2.15. The second kappa shape index (κ2) is 5.50. The van der Waals surface area contributed by atoms with Crippen molar-refractivity contribution >= 4 is 60.8 Å². The van der Waals surface area contributed by atoms with Crippen molar-refractivity contribution in [1.82, 2.24) is 0 Å². The van der Waals surface area contributed by atoms with Gasteiger partial charge < -0.3 is 0 Å². The maximum Gasteiger partial charge on any atom is 0.177 e. The number of hydrogen-bond donors (Lipinski definition) is 0. The largest absolute Gasteiger partial charge is 0.293 e. The lowest BCUT2D eigenvalue weighted by atomic mass is 10.1. The van der Waals surface area contributed by atoms with Crippen molar-refractivity contribution in [3.05, 3.63) is 33.8 Å². The van der Waals surface area contributed by atoms with Gasteiger partial charge in [0.15, 0.2) is 5.78 Å². The minimum Gasteiger partial charge on any atom is -0.293 e. The highest BCUT2D eigenvalue weighted by atomic mass is 79.9. The molecular weight excluding hydrogens is 355 g/mol. The van der Waals surface area contributed by atoms with Gasteiger partial charge in [-0.3, -0.25) is 4.79 Å². The average molecular weight is 361 g/mol. The quantitative estimate of drug-likeness (QED) is 0.579. The third-order valence-corrected chi connectivity index (χ3v) is 4.62. The normalized spacial score (nSPS) is 12.6. The van der Waals surface area contributed by atoms with Gasteiger partial charge in [-0.05, 0) is 18.2 Å². The molecule has 0 heterocycles. The number of ketones is 1. The second-order valence-electron chi connectivity index (χ2n) is 2.61. The average Bonchev–Trinajstić information content (AvgIpc) is 2.20. The van der Waals surface area contributed by atoms with Crippen molar-refractivity contribution in [2.24, 2.45) is 0 Å². The molecule has 76 valence electrons. The molecule has 1 atom stereocenters. The van der Waals surface area contributed by atoms with E-state index >= 15 is 0 Å². The minimum absolute atomic E-state index is 0.0135. The molecule has 1 nitrogen and oxygen atoms in total. The van der Waals surface area contributed by atoms with Gasteiger partial charge in [0.1, 0.15) is 0 Å². The fourth-order valence-corrected chi connectivity index (χ4v) is 1.76. The Morgan fingerprint density at radius 3 is 2.50 bits per heavy atom. The molecule has 0 aliphatic rings. The number of halogens is 4. The van der Waals surface area contributed by atoms with Crippen LogP contribution in [0.3, 0.4) is 0 Å². The number of alkyl halides is 2. The number of Topliss-reactive ketones (excluding diaryl/α,β-unsaturated/α-hetero) is 1. The maximum atomic E-state index is 11.7. The molecule has 0 amide bonds. The van der Waals surface area contributed by atoms with Gasteiger partial charge in [-0.25, -0.2) is 0 Å². The van der Waals surface area contributed by atoms with Gasteiger partial charge in [0.05, 0.1) is 14.9 Å². The number of benzene rings is 1. The van der Waals surface area contributed by atoms with E-state index in [-0.39, 0.29) is 10.6 Å². The minimum atomic E-state index is -0.236. The van der Waals surface area contributed by atoms with Crippen LogP contribution in [0.5, 0.6) is 0 Å². The summed E-state index contributed by atoms with van der Waals surface area (Å²) in [5, 5.41) is 1.41. The van der Waals surface area contributed by atoms with E-state index < -0.39 is 0 Å². The molecule has 0 fully saturated rings. The number of carbonyl (C=O) groups is 1. The summed E-state index contributed by atoms with van der Waals surface area (Å²) >= 11 is 18.0. The number of rotatable bonds is 3. The van der Waals surface area contributed by atoms with Crippen LogP contribution in [0.1, 0.15) is 10.4 Å². The monoisotopic (exact) mass is 358 g/mol. The molecule has 0 aliphatic carbocycles. The topological polar surface area (TPSA) is 17.1 Å². The zero-order chi connectivity index (χ0) is 10.7. The molecule has 0 N–H and O–H groups in total. The van der Waals surface area contributed by atoms with Gasteiger partial charge in [0.25, 0.3) is 0 Å². The van der Waals surface area contributed by atoms with Crippen molar-refractivity contribution in [3.8, 4) is 0 Å². The van der Waals surface area contributed by atoms with Gasteiger partial charge in [0, 0.05) is 10.9 Å². The summed E-state index contributed by atoms with van der Waals surface area (Å²) in [5.41, 5.74) is 0.556. The van der Waals surface area contributed by atoms with Crippen LogP contribution in [0.2, 0.25) is 10.0 Å². The Bertz CT molecular complexity index is 355. The van der Waals surface area contributed by atoms with E-state index in [4.69, 9.17) is 23.2 Å². The van der Waals surface area contributed by atoms with Crippen LogP contribution in [0.15, 0.2) is 18.2 Å². The molecule has 0 saturated heterocycles. The third kappa shape index (κ3) is 2.96. The first-order valence-corrected chi connectivity index (χ1v) is 6.55. The predicted molar refractivity (Wildman–Crippen MR) is 67.3 cm³/mol. The molecule has 0 aromatic heterocycles. The third-order valence-electron chi connectivity index (χ3n) is 1.62. The van der Waals surface area contributed by atoms with Crippen molar-refractivity contribution < 1.29 is 4.79 Å². The van der Waals surface area contributed by atoms with Crippen LogP contribution in [-0.4, -0.2) is 15.9 Å². The summed E-state index contributed by atoms with van der Waals surface area (Å²) in [4.78, 5) is 11.4. The van der Waals surface area contributed by atoms with Gasteiger partial charge in [-0.15, -0.1) is 0 Å². The Balaban J connectivity index is 2.97. The van der Waals surface area contributed by atoms with Crippen molar-refractivity contribution in [2.45, 2.75) is 4.83 Å². The molecule has 0 saturated carbocycles. The zero-order valence-electron chi connectivity index (χ0n) is 6.94. The molecule has 1 rings (SSSR count). The standard InChI is InChI=1S/C9H6Br2Cl2O/c10-4-6(11)9(14)5-1-2-7(12)8(13)3-5/h1-3,6H,4H2. The van der Waals surface area contributed by atoms with Crippen LogP contribution >= 0.6 is 55.1 Å². The van der Waals surface area contributed by atoms with Crippen molar-refractivity contribution in [1.29, 1.82) is 0 Å². The number of hydrogen-bond acceptors (Lipinski definition) is 1. The van der Waals surface area contributed by atoms with Crippen LogP contribution in [-0.2, 0) is 0 Å². The van der Waals surface area contributed by atoms with E-state index in [1.54, 1.807) is 18.2 Å². The fourth-order valence-electron chi connectivity index (χ4n) is 0.900. The molecule has 1 aromatic rings.